The molecule has 0 radical (unpaired) electrons. The molecular weight excluding hydrogens is 462 g/mol. The van der Waals surface area contributed by atoms with E-state index >= 15 is 0 Å². The Balaban J connectivity index is 1.35. The predicted octanol–water partition coefficient (Wildman–Crippen LogP) is 2.99. The van der Waals surface area contributed by atoms with Gasteiger partial charge in [0.2, 0.25) is 11.8 Å². The van der Waals surface area contributed by atoms with Gasteiger partial charge in [-0.25, -0.2) is 9.48 Å². The van der Waals surface area contributed by atoms with Crippen molar-refractivity contribution in [2.75, 3.05) is 23.4 Å². The maximum atomic E-state index is 13.4. The Labute approximate surface area is 207 Å². The van der Waals surface area contributed by atoms with Crippen molar-refractivity contribution in [3.63, 3.8) is 0 Å². The molecule has 10 heteroatoms. The van der Waals surface area contributed by atoms with Gasteiger partial charge in [0.15, 0.2) is 5.69 Å². The lowest BCUT2D eigenvalue weighted by Gasteiger charge is -2.48. The van der Waals surface area contributed by atoms with Crippen LogP contribution in [0.3, 0.4) is 0 Å². The molecule has 3 amide bonds. The number of aromatic nitrogens is 2. The highest BCUT2D eigenvalue weighted by molar-refractivity contribution is 6.11. The van der Waals surface area contributed by atoms with Crippen molar-refractivity contribution in [3.05, 3.63) is 72.1 Å². The smallest absolute Gasteiger partial charge is 0.358 e. The number of nitrogens with one attached hydrogen (secondary N) is 1. The lowest BCUT2D eigenvalue weighted by atomic mass is 9.98. The van der Waals surface area contributed by atoms with E-state index in [0.717, 1.165) is 0 Å². The average molecular weight is 488 g/mol. The van der Waals surface area contributed by atoms with Gasteiger partial charge in [0.05, 0.1) is 23.5 Å². The first-order valence-electron chi connectivity index (χ1n) is 11.7. The number of para-hydroxylation sites is 1. The molecule has 2 aliphatic rings. The summed E-state index contributed by atoms with van der Waals surface area (Å²) in [4.78, 5) is 54.2. The molecule has 0 spiro atoms. The summed E-state index contributed by atoms with van der Waals surface area (Å²) < 4.78 is 6.48. The maximum Gasteiger partial charge on any atom is 0.358 e. The molecule has 1 N–H and O–H groups in total. The first kappa shape index (κ1) is 23.3. The Morgan fingerprint density at radius 3 is 2.72 bits per heavy atom. The zero-order valence-electron chi connectivity index (χ0n) is 19.9. The maximum absolute atomic E-state index is 13.4. The molecule has 10 nitrogen and oxygen atoms in total. The summed E-state index contributed by atoms with van der Waals surface area (Å²) in [6.07, 6.45) is 2.37. The summed E-state index contributed by atoms with van der Waals surface area (Å²) in [6, 6.07) is 15.5. The van der Waals surface area contributed by atoms with Gasteiger partial charge in [0.25, 0.3) is 5.91 Å². The number of fused-ring (bicyclic) bond motifs is 3. The number of benzene rings is 2. The van der Waals surface area contributed by atoms with E-state index in [0.29, 0.717) is 35.5 Å². The monoisotopic (exact) mass is 487 g/mol. The van der Waals surface area contributed by atoms with Crippen molar-refractivity contribution >= 4 is 35.1 Å². The van der Waals surface area contributed by atoms with E-state index in [4.69, 9.17) is 4.74 Å². The van der Waals surface area contributed by atoms with Crippen LogP contribution < -0.4 is 10.2 Å². The van der Waals surface area contributed by atoms with Crippen LogP contribution in [0.5, 0.6) is 0 Å². The van der Waals surface area contributed by atoms with Crippen molar-refractivity contribution in [1.29, 1.82) is 0 Å². The number of anilines is 2. The van der Waals surface area contributed by atoms with Crippen LogP contribution in [0, 0.1) is 0 Å². The fourth-order valence-corrected chi connectivity index (χ4v) is 4.79. The molecule has 1 aromatic heterocycles. The number of rotatable bonds is 6. The molecule has 1 saturated heterocycles. The number of ether oxygens (including phenoxy) is 1. The number of amides is 3. The Hall–Kier alpha value is -4.47. The van der Waals surface area contributed by atoms with Crippen LogP contribution in [-0.4, -0.2) is 57.2 Å². The Kier molecular flexibility index (Phi) is 5.79. The second-order valence-corrected chi connectivity index (χ2v) is 8.82. The van der Waals surface area contributed by atoms with Crippen LogP contribution in [0.1, 0.15) is 47.5 Å². The normalized spacial score (nSPS) is 18.6. The molecule has 5 rings (SSSR count). The molecule has 2 aromatic carbocycles. The number of esters is 1. The third-order valence-electron chi connectivity index (χ3n) is 6.52. The average Bonchev–Trinajstić information content (AvgIpc) is 3.48. The highest BCUT2D eigenvalue weighted by atomic mass is 16.5. The molecule has 1 atom stereocenters. The van der Waals surface area contributed by atoms with Gasteiger partial charge in [0, 0.05) is 18.3 Å². The van der Waals surface area contributed by atoms with Crippen LogP contribution in [-0.2, 0) is 14.3 Å². The van der Waals surface area contributed by atoms with E-state index in [1.807, 2.05) is 6.92 Å². The highest BCUT2D eigenvalue weighted by Crippen LogP contribution is 2.43. The third kappa shape index (κ3) is 3.90. The fraction of sp³-hybridized carbons (Fsp3) is 0.269. The SMILES string of the molecule is CCOC(=O)c1ccn(-c2cccc(NC(=O)CN3C(=O)c4ccccc4N4C(=O)CCC34C)c2)n1. The lowest BCUT2D eigenvalue weighted by molar-refractivity contribution is -0.120. The summed E-state index contributed by atoms with van der Waals surface area (Å²) in [5.41, 5.74) is 1.37. The third-order valence-corrected chi connectivity index (χ3v) is 6.52. The van der Waals surface area contributed by atoms with Crippen molar-refractivity contribution in [2.24, 2.45) is 0 Å². The standard InChI is InChI=1S/C26H25N5O5/c1-3-36-25(35)20-12-14-30(28-20)18-8-6-7-17(15-18)27-22(32)16-29-24(34)19-9-4-5-10-21(19)31-23(33)11-13-26(29,31)2/h4-10,12,14-15H,3,11,13,16H2,1-2H3,(H,27,32). The van der Waals surface area contributed by atoms with E-state index in [2.05, 4.69) is 10.4 Å². The van der Waals surface area contributed by atoms with E-state index in [-0.39, 0.29) is 30.7 Å². The molecular formula is C26H25N5O5. The Morgan fingerprint density at radius 2 is 1.92 bits per heavy atom. The van der Waals surface area contributed by atoms with E-state index in [1.165, 1.54) is 9.58 Å². The minimum atomic E-state index is -0.916. The number of hydrogen-bond donors (Lipinski definition) is 1. The van der Waals surface area contributed by atoms with Crippen LogP contribution in [0.25, 0.3) is 5.69 Å². The van der Waals surface area contributed by atoms with Gasteiger partial charge in [-0.15, -0.1) is 0 Å². The largest absolute Gasteiger partial charge is 0.461 e. The molecule has 3 aromatic rings. The zero-order chi connectivity index (χ0) is 25.4. The van der Waals surface area contributed by atoms with Crippen molar-refractivity contribution < 1.29 is 23.9 Å². The molecule has 0 saturated carbocycles. The van der Waals surface area contributed by atoms with Gasteiger partial charge < -0.3 is 15.0 Å². The molecule has 3 heterocycles. The van der Waals surface area contributed by atoms with Gasteiger partial charge in [-0.1, -0.05) is 18.2 Å². The van der Waals surface area contributed by atoms with E-state index in [1.54, 1.807) is 72.6 Å². The summed E-state index contributed by atoms with van der Waals surface area (Å²) >= 11 is 0. The van der Waals surface area contributed by atoms with Crippen molar-refractivity contribution in [2.45, 2.75) is 32.4 Å². The van der Waals surface area contributed by atoms with Crippen LogP contribution in [0.15, 0.2) is 60.8 Å². The van der Waals surface area contributed by atoms with Crippen molar-refractivity contribution in [1.82, 2.24) is 14.7 Å². The fourth-order valence-electron chi connectivity index (χ4n) is 4.79. The molecule has 0 aliphatic carbocycles. The molecule has 2 aliphatic heterocycles. The highest BCUT2D eigenvalue weighted by Gasteiger charge is 2.53. The summed E-state index contributed by atoms with van der Waals surface area (Å²) in [5, 5.41) is 7.07. The Bertz CT molecular complexity index is 1380. The first-order valence-corrected chi connectivity index (χ1v) is 11.7. The summed E-state index contributed by atoms with van der Waals surface area (Å²) in [6.45, 7) is 3.58. The minimum Gasteiger partial charge on any atom is -0.461 e. The van der Waals surface area contributed by atoms with Crippen LogP contribution in [0.2, 0.25) is 0 Å². The van der Waals surface area contributed by atoms with E-state index in [9.17, 15) is 19.2 Å². The first-order chi connectivity index (χ1) is 17.3. The quantitative estimate of drug-likeness (QED) is 0.535. The molecule has 184 valence electrons. The summed E-state index contributed by atoms with van der Waals surface area (Å²) in [7, 11) is 0. The number of hydrogen-bond acceptors (Lipinski definition) is 6. The number of carbonyl (C=O) groups is 4. The molecule has 0 bridgehead atoms. The van der Waals surface area contributed by atoms with Gasteiger partial charge in [-0.2, -0.15) is 5.10 Å². The van der Waals surface area contributed by atoms with Crippen molar-refractivity contribution in [3.8, 4) is 5.69 Å². The van der Waals surface area contributed by atoms with Gasteiger partial charge in [-0.05, 0) is 56.7 Å². The topological polar surface area (TPSA) is 114 Å². The van der Waals surface area contributed by atoms with Crippen LogP contribution in [0.4, 0.5) is 11.4 Å². The Morgan fingerprint density at radius 1 is 1.11 bits per heavy atom. The molecule has 1 fully saturated rings. The second-order valence-electron chi connectivity index (χ2n) is 8.82. The number of carbonyl (C=O) groups excluding carboxylic acids is 4. The lowest BCUT2D eigenvalue weighted by Crippen LogP contribution is -2.63. The predicted molar refractivity (Wildman–Crippen MR) is 131 cm³/mol. The van der Waals surface area contributed by atoms with Gasteiger partial charge in [0.1, 0.15) is 12.2 Å². The van der Waals surface area contributed by atoms with E-state index < -0.39 is 17.5 Å². The minimum absolute atomic E-state index is 0.0723. The number of nitrogens with zero attached hydrogens (tertiary/aromatic N) is 4. The summed E-state index contributed by atoms with van der Waals surface area (Å²) in [5.74, 6) is -1.27. The molecule has 36 heavy (non-hydrogen) atoms. The molecule has 1 unspecified atom stereocenters. The van der Waals surface area contributed by atoms with Gasteiger partial charge >= 0.3 is 5.97 Å². The van der Waals surface area contributed by atoms with Gasteiger partial charge in [-0.3, -0.25) is 19.3 Å². The van der Waals surface area contributed by atoms with Crippen LogP contribution >= 0.6 is 0 Å². The second kappa shape index (κ2) is 8.95. The zero-order valence-corrected chi connectivity index (χ0v) is 19.9.